The van der Waals surface area contributed by atoms with Crippen molar-refractivity contribution >= 4 is 0 Å². The van der Waals surface area contributed by atoms with Crippen LogP contribution < -0.4 is 10.1 Å². The molecule has 1 fully saturated rings. The summed E-state index contributed by atoms with van der Waals surface area (Å²) < 4.78 is 5.23. The summed E-state index contributed by atoms with van der Waals surface area (Å²) in [5, 5.41) is 3.59. The molecule has 1 aromatic carbocycles. The maximum atomic E-state index is 5.23. The third-order valence-electron chi connectivity index (χ3n) is 4.29. The largest absolute Gasteiger partial charge is 0.497 e. The molecule has 3 nitrogen and oxygen atoms in total. The summed E-state index contributed by atoms with van der Waals surface area (Å²) in [5.74, 6) is 2.76. The molecule has 0 bridgehead atoms. The van der Waals surface area contributed by atoms with Crippen molar-refractivity contribution in [3.05, 3.63) is 29.8 Å². The first-order valence-corrected chi connectivity index (χ1v) is 7.70. The summed E-state index contributed by atoms with van der Waals surface area (Å²) >= 11 is 0. The van der Waals surface area contributed by atoms with E-state index in [1.165, 1.54) is 18.5 Å². The highest BCUT2D eigenvalue weighted by molar-refractivity contribution is 5.29. The molecule has 0 spiro atoms. The van der Waals surface area contributed by atoms with Gasteiger partial charge < -0.3 is 15.0 Å². The van der Waals surface area contributed by atoms with E-state index in [0.717, 1.165) is 30.7 Å². The number of rotatable bonds is 8. The molecule has 3 unspecified atom stereocenters. The topological polar surface area (TPSA) is 24.5 Å². The van der Waals surface area contributed by atoms with Crippen molar-refractivity contribution in [2.75, 3.05) is 33.8 Å². The van der Waals surface area contributed by atoms with E-state index in [1.54, 1.807) is 7.11 Å². The van der Waals surface area contributed by atoms with Crippen LogP contribution in [0.15, 0.2) is 24.3 Å². The summed E-state index contributed by atoms with van der Waals surface area (Å²) in [6.45, 7) is 7.79. The maximum Gasteiger partial charge on any atom is 0.118 e. The van der Waals surface area contributed by atoms with Crippen molar-refractivity contribution in [2.24, 2.45) is 11.8 Å². The molecule has 1 aromatic rings. The molecule has 1 saturated carbocycles. The third-order valence-corrected chi connectivity index (χ3v) is 4.29. The number of benzene rings is 1. The van der Waals surface area contributed by atoms with E-state index >= 15 is 0 Å². The highest BCUT2D eigenvalue weighted by Crippen LogP contribution is 2.38. The Morgan fingerprint density at radius 1 is 1.35 bits per heavy atom. The lowest BCUT2D eigenvalue weighted by Gasteiger charge is -2.25. The van der Waals surface area contributed by atoms with Gasteiger partial charge in [-0.2, -0.15) is 0 Å². The predicted octanol–water partition coefficient (Wildman–Crippen LogP) is 2.93. The van der Waals surface area contributed by atoms with Crippen LogP contribution in [-0.2, 0) is 0 Å². The van der Waals surface area contributed by atoms with Crippen molar-refractivity contribution in [1.29, 1.82) is 0 Å². The highest BCUT2D eigenvalue weighted by atomic mass is 16.5. The van der Waals surface area contributed by atoms with Crippen LogP contribution in [0.1, 0.15) is 31.9 Å². The molecule has 112 valence electrons. The van der Waals surface area contributed by atoms with E-state index in [1.807, 2.05) is 12.1 Å². The first-order chi connectivity index (χ1) is 9.63. The molecular formula is C17H28N2O. The van der Waals surface area contributed by atoms with Gasteiger partial charge in [-0.3, -0.25) is 0 Å². The molecule has 0 aromatic heterocycles. The van der Waals surface area contributed by atoms with Gasteiger partial charge in [0.05, 0.1) is 7.11 Å². The van der Waals surface area contributed by atoms with Gasteiger partial charge in [0, 0.05) is 19.1 Å². The van der Waals surface area contributed by atoms with E-state index in [2.05, 4.69) is 43.2 Å². The number of ether oxygens (including phenoxy) is 1. The van der Waals surface area contributed by atoms with Crippen LogP contribution in [0.25, 0.3) is 0 Å². The molecular weight excluding hydrogens is 248 g/mol. The van der Waals surface area contributed by atoms with Crippen LogP contribution in [0.5, 0.6) is 5.75 Å². The van der Waals surface area contributed by atoms with Crippen molar-refractivity contribution in [3.63, 3.8) is 0 Å². The molecule has 0 amide bonds. The van der Waals surface area contributed by atoms with Gasteiger partial charge in [0.25, 0.3) is 0 Å². The van der Waals surface area contributed by atoms with Crippen molar-refractivity contribution in [2.45, 2.75) is 26.3 Å². The lowest BCUT2D eigenvalue weighted by molar-refractivity contribution is 0.278. The third kappa shape index (κ3) is 4.22. The van der Waals surface area contributed by atoms with Gasteiger partial charge in [-0.1, -0.05) is 26.0 Å². The van der Waals surface area contributed by atoms with Crippen molar-refractivity contribution in [3.8, 4) is 5.75 Å². The Bertz CT molecular complexity index is 404. The van der Waals surface area contributed by atoms with Gasteiger partial charge in [0.1, 0.15) is 5.75 Å². The van der Waals surface area contributed by atoms with E-state index in [4.69, 9.17) is 4.74 Å². The minimum Gasteiger partial charge on any atom is -0.497 e. The Morgan fingerprint density at radius 2 is 2.00 bits per heavy atom. The highest BCUT2D eigenvalue weighted by Gasteiger charge is 2.33. The van der Waals surface area contributed by atoms with Gasteiger partial charge in [-0.15, -0.1) is 0 Å². The minimum atomic E-state index is 0.393. The molecule has 1 aliphatic rings. The van der Waals surface area contributed by atoms with E-state index in [0.29, 0.717) is 6.04 Å². The van der Waals surface area contributed by atoms with E-state index in [9.17, 15) is 0 Å². The zero-order valence-corrected chi connectivity index (χ0v) is 13.2. The quantitative estimate of drug-likeness (QED) is 0.790. The maximum absolute atomic E-state index is 5.23. The minimum absolute atomic E-state index is 0.393. The fourth-order valence-electron chi connectivity index (χ4n) is 2.81. The Labute approximate surface area is 123 Å². The molecule has 2 rings (SSSR count). The molecule has 0 radical (unpaired) electrons. The molecule has 1 aliphatic carbocycles. The average Bonchev–Trinajstić information content (AvgIpc) is 3.13. The van der Waals surface area contributed by atoms with Gasteiger partial charge >= 0.3 is 0 Å². The van der Waals surface area contributed by atoms with Gasteiger partial charge in [0.2, 0.25) is 0 Å². The Morgan fingerprint density at radius 3 is 2.50 bits per heavy atom. The normalized spacial score (nSPS) is 22.9. The molecule has 20 heavy (non-hydrogen) atoms. The average molecular weight is 276 g/mol. The van der Waals surface area contributed by atoms with E-state index < -0.39 is 0 Å². The number of hydrogen-bond acceptors (Lipinski definition) is 3. The standard InChI is InChI=1S/C17H28N2O/c1-5-18-17(12-19(3)11-15-10-13(15)2)14-6-8-16(20-4)9-7-14/h6-9,13,15,17-18H,5,10-12H2,1-4H3. The summed E-state index contributed by atoms with van der Waals surface area (Å²) in [7, 11) is 3.94. The lowest BCUT2D eigenvalue weighted by atomic mass is 10.1. The Hall–Kier alpha value is -1.06. The Kier molecular flexibility index (Phi) is 5.44. The van der Waals surface area contributed by atoms with Crippen LogP contribution in [0.3, 0.4) is 0 Å². The van der Waals surface area contributed by atoms with Gasteiger partial charge in [-0.05, 0) is 49.5 Å². The summed E-state index contributed by atoms with van der Waals surface area (Å²) in [6.07, 6.45) is 1.40. The number of methoxy groups -OCH3 is 1. The second kappa shape index (κ2) is 7.09. The van der Waals surface area contributed by atoms with Crippen LogP contribution in [-0.4, -0.2) is 38.7 Å². The van der Waals surface area contributed by atoms with Crippen LogP contribution >= 0.6 is 0 Å². The first kappa shape index (κ1) is 15.3. The first-order valence-electron chi connectivity index (χ1n) is 7.70. The lowest BCUT2D eigenvalue weighted by Crippen LogP contribution is -2.34. The molecule has 0 heterocycles. The number of nitrogens with one attached hydrogen (secondary N) is 1. The van der Waals surface area contributed by atoms with Crippen molar-refractivity contribution in [1.82, 2.24) is 10.2 Å². The molecule has 1 N–H and O–H groups in total. The van der Waals surface area contributed by atoms with Crippen LogP contribution in [0, 0.1) is 11.8 Å². The zero-order chi connectivity index (χ0) is 14.5. The second-order valence-electron chi connectivity index (χ2n) is 6.08. The molecule has 3 heteroatoms. The Balaban J connectivity index is 1.94. The SMILES string of the molecule is CCNC(CN(C)CC1CC1C)c1ccc(OC)cc1. The van der Waals surface area contributed by atoms with Crippen molar-refractivity contribution < 1.29 is 4.74 Å². The zero-order valence-electron chi connectivity index (χ0n) is 13.2. The number of likely N-dealkylation sites (N-methyl/N-ethyl adjacent to an activating group) is 2. The van der Waals surface area contributed by atoms with Crippen LogP contribution in [0.4, 0.5) is 0 Å². The fourth-order valence-corrected chi connectivity index (χ4v) is 2.81. The number of nitrogens with zero attached hydrogens (tertiary/aromatic N) is 1. The fraction of sp³-hybridized carbons (Fsp3) is 0.647. The molecule has 0 saturated heterocycles. The summed E-state index contributed by atoms with van der Waals surface area (Å²) in [6, 6.07) is 8.81. The van der Waals surface area contributed by atoms with Crippen LogP contribution in [0.2, 0.25) is 0 Å². The van der Waals surface area contributed by atoms with Gasteiger partial charge in [0.15, 0.2) is 0 Å². The predicted molar refractivity (Wildman–Crippen MR) is 84.2 cm³/mol. The number of hydrogen-bond donors (Lipinski definition) is 1. The molecule has 0 aliphatic heterocycles. The molecule has 3 atom stereocenters. The smallest absolute Gasteiger partial charge is 0.118 e. The summed E-state index contributed by atoms with van der Waals surface area (Å²) in [4.78, 5) is 2.46. The summed E-state index contributed by atoms with van der Waals surface area (Å²) in [5.41, 5.74) is 1.34. The second-order valence-corrected chi connectivity index (χ2v) is 6.08. The monoisotopic (exact) mass is 276 g/mol. The van der Waals surface area contributed by atoms with E-state index in [-0.39, 0.29) is 0 Å². The van der Waals surface area contributed by atoms with Gasteiger partial charge in [-0.25, -0.2) is 0 Å².